The third-order valence-electron chi connectivity index (χ3n) is 2.86. The van der Waals surface area contributed by atoms with Gasteiger partial charge in [0.2, 0.25) is 0 Å². The van der Waals surface area contributed by atoms with Gasteiger partial charge in [-0.2, -0.15) is 0 Å². The van der Waals surface area contributed by atoms with Gasteiger partial charge in [-0.15, -0.1) is 5.10 Å². The fourth-order valence-corrected chi connectivity index (χ4v) is 1.74. The van der Waals surface area contributed by atoms with Gasteiger partial charge in [-0.3, -0.25) is 4.68 Å². The van der Waals surface area contributed by atoms with Gasteiger partial charge in [0.1, 0.15) is 5.75 Å². The van der Waals surface area contributed by atoms with Crippen LogP contribution < -0.4 is 10.1 Å². The van der Waals surface area contributed by atoms with Crippen LogP contribution in [0.15, 0.2) is 30.5 Å². The normalized spacial score (nSPS) is 12.4. The molecule has 0 fully saturated rings. The van der Waals surface area contributed by atoms with Gasteiger partial charge in [-0.25, -0.2) is 0 Å². The highest BCUT2D eigenvalue weighted by atomic mass is 16.5. The Kier molecular flexibility index (Phi) is 3.94. The maximum Gasteiger partial charge on any atom is 0.118 e. The highest BCUT2D eigenvalue weighted by molar-refractivity contribution is 5.28. The predicted octanol–water partition coefficient (Wildman–Crippen LogP) is 1.67. The number of benzene rings is 1. The quantitative estimate of drug-likeness (QED) is 0.872. The van der Waals surface area contributed by atoms with Crippen LogP contribution in [-0.2, 0) is 13.6 Å². The molecule has 0 saturated carbocycles. The van der Waals surface area contributed by atoms with Gasteiger partial charge in [-0.05, 0) is 24.6 Å². The second kappa shape index (κ2) is 5.64. The van der Waals surface area contributed by atoms with Crippen molar-refractivity contribution in [2.24, 2.45) is 7.05 Å². The first-order chi connectivity index (χ1) is 8.69. The van der Waals surface area contributed by atoms with Crippen molar-refractivity contribution < 1.29 is 4.74 Å². The Morgan fingerprint density at radius 1 is 1.33 bits per heavy atom. The lowest BCUT2D eigenvalue weighted by atomic mass is 10.1. The second-order valence-corrected chi connectivity index (χ2v) is 4.26. The molecule has 2 rings (SSSR count). The van der Waals surface area contributed by atoms with Crippen LogP contribution in [0.2, 0.25) is 0 Å². The van der Waals surface area contributed by atoms with Crippen LogP contribution in [0.25, 0.3) is 0 Å². The summed E-state index contributed by atoms with van der Waals surface area (Å²) >= 11 is 0. The number of hydrogen-bond acceptors (Lipinski definition) is 4. The van der Waals surface area contributed by atoms with Crippen molar-refractivity contribution in [2.75, 3.05) is 7.11 Å². The van der Waals surface area contributed by atoms with Crippen molar-refractivity contribution in [3.63, 3.8) is 0 Å². The first-order valence-corrected chi connectivity index (χ1v) is 5.91. The largest absolute Gasteiger partial charge is 0.497 e. The van der Waals surface area contributed by atoms with Gasteiger partial charge in [0.15, 0.2) is 0 Å². The summed E-state index contributed by atoms with van der Waals surface area (Å²) < 4.78 is 6.84. The predicted molar refractivity (Wildman–Crippen MR) is 69.3 cm³/mol. The van der Waals surface area contributed by atoms with Gasteiger partial charge in [0.25, 0.3) is 0 Å². The molecule has 0 spiro atoms. The molecule has 0 radical (unpaired) electrons. The molecular formula is C13H18N4O. The monoisotopic (exact) mass is 246 g/mol. The number of rotatable bonds is 5. The number of aryl methyl sites for hydroxylation is 1. The highest BCUT2D eigenvalue weighted by Crippen LogP contribution is 2.17. The van der Waals surface area contributed by atoms with Gasteiger partial charge in [0, 0.05) is 25.8 Å². The minimum Gasteiger partial charge on any atom is -0.497 e. The average molecular weight is 246 g/mol. The summed E-state index contributed by atoms with van der Waals surface area (Å²) in [6.07, 6.45) is 1.91. The topological polar surface area (TPSA) is 52.0 Å². The van der Waals surface area contributed by atoms with E-state index in [1.54, 1.807) is 11.8 Å². The summed E-state index contributed by atoms with van der Waals surface area (Å²) in [5.41, 5.74) is 2.16. The molecule has 18 heavy (non-hydrogen) atoms. The smallest absolute Gasteiger partial charge is 0.118 e. The minimum atomic E-state index is 0.262. The third-order valence-corrected chi connectivity index (χ3v) is 2.86. The second-order valence-electron chi connectivity index (χ2n) is 4.26. The van der Waals surface area contributed by atoms with Crippen molar-refractivity contribution in [1.29, 1.82) is 0 Å². The van der Waals surface area contributed by atoms with Crippen LogP contribution in [0.3, 0.4) is 0 Å². The van der Waals surface area contributed by atoms with Crippen LogP contribution in [0.1, 0.15) is 24.2 Å². The van der Waals surface area contributed by atoms with E-state index in [0.717, 1.165) is 11.4 Å². The molecule has 5 nitrogen and oxygen atoms in total. The minimum absolute atomic E-state index is 0.262. The van der Waals surface area contributed by atoms with E-state index in [9.17, 15) is 0 Å². The number of ether oxygens (including phenoxy) is 1. The van der Waals surface area contributed by atoms with Crippen molar-refractivity contribution >= 4 is 0 Å². The van der Waals surface area contributed by atoms with Crippen LogP contribution >= 0.6 is 0 Å². The van der Waals surface area contributed by atoms with Crippen molar-refractivity contribution in [1.82, 2.24) is 20.3 Å². The van der Waals surface area contributed by atoms with E-state index in [4.69, 9.17) is 4.74 Å². The SMILES string of the molecule is COc1ccc(C(C)NCc2cn(C)nn2)cc1. The Labute approximate surface area is 107 Å². The van der Waals surface area contributed by atoms with E-state index < -0.39 is 0 Å². The molecular weight excluding hydrogens is 228 g/mol. The molecule has 2 aromatic rings. The Hall–Kier alpha value is -1.88. The molecule has 1 aromatic heterocycles. The van der Waals surface area contributed by atoms with Crippen LogP contribution in [0, 0.1) is 0 Å². The molecule has 0 bridgehead atoms. The van der Waals surface area contributed by atoms with Gasteiger partial charge in [-0.1, -0.05) is 17.3 Å². The highest BCUT2D eigenvalue weighted by Gasteiger charge is 2.06. The van der Waals surface area contributed by atoms with E-state index in [2.05, 4.69) is 34.7 Å². The summed E-state index contributed by atoms with van der Waals surface area (Å²) in [6, 6.07) is 8.32. The molecule has 1 atom stereocenters. The lowest BCUT2D eigenvalue weighted by Crippen LogP contribution is -2.18. The Balaban J connectivity index is 1.92. The first-order valence-electron chi connectivity index (χ1n) is 5.91. The van der Waals surface area contributed by atoms with E-state index in [1.807, 2.05) is 25.4 Å². The standard InChI is InChI=1S/C13H18N4O/c1-10(11-4-6-13(18-3)7-5-11)14-8-12-9-17(2)16-15-12/h4-7,9-10,14H,8H2,1-3H3. The molecule has 0 aliphatic rings. The van der Waals surface area contributed by atoms with Crippen LogP contribution in [-0.4, -0.2) is 22.1 Å². The summed E-state index contributed by atoms with van der Waals surface area (Å²) in [4.78, 5) is 0. The maximum atomic E-state index is 5.14. The van der Waals surface area contributed by atoms with E-state index >= 15 is 0 Å². The number of hydrogen-bond donors (Lipinski definition) is 1. The summed E-state index contributed by atoms with van der Waals surface area (Å²) in [6.45, 7) is 2.83. The summed E-state index contributed by atoms with van der Waals surface area (Å²) in [7, 11) is 3.54. The fourth-order valence-electron chi connectivity index (χ4n) is 1.74. The maximum absolute atomic E-state index is 5.14. The van der Waals surface area contributed by atoms with Crippen LogP contribution in [0.4, 0.5) is 0 Å². The molecule has 1 N–H and O–H groups in total. The van der Waals surface area contributed by atoms with E-state index in [1.165, 1.54) is 5.56 Å². The molecule has 0 aliphatic heterocycles. The van der Waals surface area contributed by atoms with Gasteiger partial charge >= 0.3 is 0 Å². The van der Waals surface area contributed by atoms with Gasteiger partial charge < -0.3 is 10.1 Å². The molecule has 0 aliphatic carbocycles. The van der Waals surface area contributed by atoms with Crippen molar-refractivity contribution in [3.8, 4) is 5.75 Å². The molecule has 1 heterocycles. The Bertz CT molecular complexity index is 492. The van der Waals surface area contributed by atoms with E-state index in [0.29, 0.717) is 6.54 Å². The van der Waals surface area contributed by atoms with Crippen LogP contribution in [0.5, 0.6) is 5.75 Å². The van der Waals surface area contributed by atoms with Crippen molar-refractivity contribution in [3.05, 3.63) is 41.7 Å². The molecule has 0 saturated heterocycles. The summed E-state index contributed by atoms with van der Waals surface area (Å²) in [5.74, 6) is 0.875. The fraction of sp³-hybridized carbons (Fsp3) is 0.385. The number of nitrogens with one attached hydrogen (secondary N) is 1. The van der Waals surface area contributed by atoms with E-state index in [-0.39, 0.29) is 6.04 Å². The summed E-state index contributed by atoms with van der Waals surface area (Å²) in [5, 5.41) is 11.3. The molecule has 1 unspecified atom stereocenters. The molecule has 1 aromatic carbocycles. The molecule has 96 valence electrons. The average Bonchev–Trinajstić information content (AvgIpc) is 2.82. The number of methoxy groups -OCH3 is 1. The zero-order valence-electron chi connectivity index (χ0n) is 10.9. The zero-order valence-corrected chi connectivity index (χ0v) is 10.9. The Morgan fingerprint density at radius 2 is 2.06 bits per heavy atom. The van der Waals surface area contributed by atoms with Crippen molar-refractivity contribution in [2.45, 2.75) is 19.5 Å². The number of nitrogens with zero attached hydrogens (tertiary/aromatic N) is 3. The lowest BCUT2D eigenvalue weighted by Gasteiger charge is -2.13. The van der Waals surface area contributed by atoms with Gasteiger partial charge in [0.05, 0.1) is 12.8 Å². The lowest BCUT2D eigenvalue weighted by molar-refractivity contribution is 0.414. The number of aromatic nitrogens is 3. The molecule has 0 amide bonds. The Morgan fingerprint density at radius 3 is 2.61 bits per heavy atom. The first kappa shape index (κ1) is 12.6. The molecule has 5 heteroatoms. The zero-order chi connectivity index (χ0) is 13.0. The third kappa shape index (κ3) is 3.07.